The van der Waals surface area contributed by atoms with E-state index in [1.807, 2.05) is 6.20 Å². The van der Waals surface area contributed by atoms with Crippen molar-refractivity contribution in [1.82, 2.24) is 5.32 Å². The summed E-state index contributed by atoms with van der Waals surface area (Å²) in [6, 6.07) is 0.495. The van der Waals surface area contributed by atoms with Crippen LogP contribution in [0.2, 0.25) is 0 Å². The molecule has 1 nitrogen and oxygen atoms in total. The van der Waals surface area contributed by atoms with Gasteiger partial charge >= 0.3 is 0 Å². The third-order valence-corrected chi connectivity index (χ3v) is 1.50. The Labute approximate surface area is 48.4 Å². The Hall–Kier alpha value is -0.980. The maximum atomic E-state index is 3.18. The van der Waals surface area contributed by atoms with Gasteiger partial charge in [0.15, 0.2) is 0 Å². The number of rotatable bonds is 0. The Morgan fingerprint density at radius 1 is 1.50 bits per heavy atom. The van der Waals surface area contributed by atoms with Gasteiger partial charge in [-0.1, -0.05) is 18.2 Å². The summed E-state index contributed by atoms with van der Waals surface area (Å²) in [6.45, 7) is 0. The second kappa shape index (κ2) is 1.25. The SMILES string of the molecule is C1=CC2NC=CC2=C1. The van der Waals surface area contributed by atoms with Crippen LogP contribution in [0.25, 0.3) is 0 Å². The molecule has 1 heterocycles. The van der Waals surface area contributed by atoms with Gasteiger partial charge in [0.2, 0.25) is 0 Å². The van der Waals surface area contributed by atoms with E-state index in [-0.39, 0.29) is 0 Å². The minimum atomic E-state index is 0.495. The van der Waals surface area contributed by atoms with Crippen molar-refractivity contribution in [2.45, 2.75) is 6.04 Å². The van der Waals surface area contributed by atoms with Gasteiger partial charge in [0.1, 0.15) is 0 Å². The Bertz CT molecular complexity index is 187. The summed E-state index contributed by atoms with van der Waals surface area (Å²) in [5.74, 6) is 0. The van der Waals surface area contributed by atoms with Gasteiger partial charge in [0.25, 0.3) is 0 Å². The molecule has 0 spiro atoms. The van der Waals surface area contributed by atoms with Crippen LogP contribution in [0.1, 0.15) is 0 Å². The van der Waals surface area contributed by atoms with E-state index >= 15 is 0 Å². The zero-order chi connectivity index (χ0) is 5.40. The van der Waals surface area contributed by atoms with Crippen molar-refractivity contribution in [2.75, 3.05) is 0 Å². The Morgan fingerprint density at radius 3 is 3.38 bits per heavy atom. The highest BCUT2D eigenvalue weighted by Crippen LogP contribution is 2.16. The van der Waals surface area contributed by atoms with Crippen LogP contribution < -0.4 is 5.32 Å². The predicted molar refractivity (Wildman–Crippen MR) is 33.3 cm³/mol. The lowest BCUT2D eigenvalue weighted by Crippen LogP contribution is -2.15. The van der Waals surface area contributed by atoms with Crippen LogP contribution in [0.5, 0.6) is 0 Å². The quantitative estimate of drug-likeness (QED) is 0.484. The maximum Gasteiger partial charge on any atom is 0.0696 e. The van der Waals surface area contributed by atoms with E-state index in [4.69, 9.17) is 0 Å². The molecule has 0 amide bonds. The molecule has 2 rings (SSSR count). The molecule has 1 aliphatic heterocycles. The molecule has 1 atom stereocenters. The van der Waals surface area contributed by atoms with E-state index in [2.05, 4.69) is 29.6 Å². The lowest BCUT2D eigenvalue weighted by Gasteiger charge is -2.00. The average Bonchev–Trinajstić information content (AvgIpc) is 2.15. The molecule has 2 aliphatic rings. The second-order valence-electron chi connectivity index (χ2n) is 2.03. The Kier molecular flexibility index (Phi) is 0.618. The molecule has 0 bridgehead atoms. The maximum absolute atomic E-state index is 3.18. The lowest BCUT2D eigenvalue weighted by molar-refractivity contribution is 0.861. The van der Waals surface area contributed by atoms with Crippen LogP contribution >= 0.6 is 0 Å². The zero-order valence-corrected chi connectivity index (χ0v) is 4.46. The van der Waals surface area contributed by atoms with Gasteiger partial charge in [-0.25, -0.2) is 0 Å². The molecular weight excluding hydrogens is 98.1 g/mol. The van der Waals surface area contributed by atoms with Crippen molar-refractivity contribution in [3.8, 4) is 0 Å². The molecular formula is C7H7N. The summed E-state index contributed by atoms with van der Waals surface area (Å²) < 4.78 is 0. The molecule has 0 fully saturated rings. The van der Waals surface area contributed by atoms with Gasteiger partial charge in [0, 0.05) is 0 Å². The van der Waals surface area contributed by atoms with Gasteiger partial charge in [0.05, 0.1) is 6.04 Å². The van der Waals surface area contributed by atoms with Crippen molar-refractivity contribution < 1.29 is 0 Å². The van der Waals surface area contributed by atoms with Crippen LogP contribution in [0, 0.1) is 0 Å². The fourth-order valence-electron chi connectivity index (χ4n) is 1.05. The zero-order valence-electron chi connectivity index (χ0n) is 4.46. The smallest absolute Gasteiger partial charge is 0.0696 e. The summed E-state index contributed by atoms with van der Waals surface area (Å²) >= 11 is 0. The third kappa shape index (κ3) is 0.360. The summed E-state index contributed by atoms with van der Waals surface area (Å²) in [5, 5.41) is 3.18. The normalized spacial score (nSPS) is 30.0. The van der Waals surface area contributed by atoms with Gasteiger partial charge < -0.3 is 5.32 Å². The van der Waals surface area contributed by atoms with E-state index in [9.17, 15) is 0 Å². The third-order valence-electron chi connectivity index (χ3n) is 1.50. The van der Waals surface area contributed by atoms with Gasteiger partial charge in [-0.15, -0.1) is 0 Å². The predicted octanol–water partition coefficient (Wildman–Crippen LogP) is 0.968. The summed E-state index contributed by atoms with van der Waals surface area (Å²) in [4.78, 5) is 0. The first kappa shape index (κ1) is 3.96. The summed E-state index contributed by atoms with van der Waals surface area (Å²) in [7, 11) is 0. The molecule has 0 radical (unpaired) electrons. The minimum Gasteiger partial charge on any atom is -0.381 e. The fraction of sp³-hybridized carbons (Fsp3) is 0.143. The van der Waals surface area contributed by atoms with Crippen molar-refractivity contribution >= 4 is 0 Å². The van der Waals surface area contributed by atoms with Crippen LogP contribution in [-0.4, -0.2) is 6.04 Å². The number of nitrogens with one attached hydrogen (secondary N) is 1. The summed E-state index contributed by atoms with van der Waals surface area (Å²) in [5.41, 5.74) is 1.38. The first-order valence-electron chi connectivity index (χ1n) is 2.78. The van der Waals surface area contributed by atoms with E-state index in [0.29, 0.717) is 6.04 Å². The molecule has 1 N–H and O–H groups in total. The average molecular weight is 105 g/mol. The molecule has 0 aromatic rings. The number of hydrogen-bond donors (Lipinski definition) is 1. The highest BCUT2D eigenvalue weighted by atomic mass is 14.9. The molecule has 1 aliphatic carbocycles. The minimum absolute atomic E-state index is 0.495. The van der Waals surface area contributed by atoms with Crippen molar-refractivity contribution in [2.24, 2.45) is 0 Å². The molecule has 1 unspecified atom stereocenters. The van der Waals surface area contributed by atoms with Gasteiger partial charge in [-0.3, -0.25) is 0 Å². The van der Waals surface area contributed by atoms with E-state index in [1.165, 1.54) is 5.57 Å². The van der Waals surface area contributed by atoms with Gasteiger partial charge in [-0.05, 0) is 17.8 Å². The van der Waals surface area contributed by atoms with Gasteiger partial charge in [-0.2, -0.15) is 0 Å². The number of fused-ring (bicyclic) bond motifs is 1. The molecule has 0 saturated heterocycles. The van der Waals surface area contributed by atoms with Crippen LogP contribution in [0.4, 0.5) is 0 Å². The van der Waals surface area contributed by atoms with Crippen LogP contribution in [0.15, 0.2) is 36.1 Å². The number of hydrogen-bond acceptors (Lipinski definition) is 1. The Balaban J connectivity index is 2.39. The van der Waals surface area contributed by atoms with Crippen molar-refractivity contribution in [1.29, 1.82) is 0 Å². The molecule has 0 aromatic heterocycles. The fourth-order valence-corrected chi connectivity index (χ4v) is 1.05. The Morgan fingerprint density at radius 2 is 2.50 bits per heavy atom. The van der Waals surface area contributed by atoms with Crippen LogP contribution in [-0.2, 0) is 0 Å². The largest absolute Gasteiger partial charge is 0.381 e. The first-order chi connectivity index (χ1) is 3.97. The van der Waals surface area contributed by atoms with Crippen molar-refractivity contribution in [3.63, 3.8) is 0 Å². The second-order valence-corrected chi connectivity index (χ2v) is 2.03. The highest BCUT2D eigenvalue weighted by molar-refractivity contribution is 5.42. The standard InChI is InChI=1S/C7H7N/c1-2-6-4-5-8-7(6)3-1/h1-5,7-8H. The summed E-state index contributed by atoms with van der Waals surface area (Å²) in [6.07, 6.45) is 10.4. The molecule has 8 heavy (non-hydrogen) atoms. The molecule has 40 valence electrons. The van der Waals surface area contributed by atoms with E-state index < -0.39 is 0 Å². The highest BCUT2D eigenvalue weighted by Gasteiger charge is 2.13. The monoisotopic (exact) mass is 105 g/mol. The topological polar surface area (TPSA) is 12.0 Å². The van der Waals surface area contributed by atoms with Crippen LogP contribution in [0.3, 0.4) is 0 Å². The molecule has 0 aromatic carbocycles. The number of allylic oxidation sites excluding steroid dienone is 2. The molecule has 1 heteroatoms. The lowest BCUT2D eigenvalue weighted by atomic mass is 10.2. The van der Waals surface area contributed by atoms with Crippen molar-refractivity contribution in [3.05, 3.63) is 36.1 Å². The molecule has 0 saturated carbocycles. The van der Waals surface area contributed by atoms with E-state index in [0.717, 1.165) is 0 Å². The van der Waals surface area contributed by atoms with E-state index in [1.54, 1.807) is 0 Å². The first-order valence-corrected chi connectivity index (χ1v) is 2.78.